The van der Waals surface area contributed by atoms with Gasteiger partial charge in [0.1, 0.15) is 5.01 Å². The lowest BCUT2D eigenvalue weighted by molar-refractivity contribution is 1.42. The molecule has 0 N–H and O–H groups in total. The van der Waals surface area contributed by atoms with Crippen LogP contribution in [0, 0.1) is 0 Å². The van der Waals surface area contributed by atoms with Gasteiger partial charge in [-0.15, -0.1) is 11.3 Å². The Hall–Kier alpha value is -0.970. The highest BCUT2D eigenvalue weighted by atomic mass is 32.1. The molecule has 0 fully saturated rings. The topological polar surface area (TPSA) is 12.9 Å². The Morgan fingerprint density at radius 1 is 0.933 bits per heavy atom. The third-order valence-corrected chi connectivity index (χ3v) is 4.54. The first-order valence-electron chi connectivity index (χ1n) is 4.44. The molecule has 3 rings (SSSR count). The van der Waals surface area contributed by atoms with Gasteiger partial charge in [-0.1, -0.05) is 0 Å². The van der Waals surface area contributed by atoms with Gasteiger partial charge in [0.15, 0.2) is 0 Å². The second-order valence-electron chi connectivity index (χ2n) is 3.05. The Kier molecular flexibility index (Phi) is 2.40. The predicted octanol–water partition coefficient (Wildman–Crippen LogP) is 4.60. The van der Waals surface area contributed by atoms with Crippen LogP contribution in [0.25, 0.3) is 21.0 Å². The Morgan fingerprint density at radius 3 is 2.33 bits per heavy atom. The van der Waals surface area contributed by atoms with Gasteiger partial charge in [-0.05, 0) is 28.3 Å². The number of rotatable bonds is 2. The summed E-state index contributed by atoms with van der Waals surface area (Å²) in [6, 6.07) is 4.25. The fraction of sp³-hybridized carbons (Fsp3) is 0. The first-order chi connectivity index (χ1) is 7.43. The zero-order valence-corrected chi connectivity index (χ0v) is 10.2. The SMILES string of the molecule is c1cc(-c2cnc(-c3ccsc3)s2)cs1. The van der Waals surface area contributed by atoms with Crippen molar-refractivity contribution in [1.29, 1.82) is 0 Å². The van der Waals surface area contributed by atoms with Crippen molar-refractivity contribution in [3.05, 3.63) is 39.8 Å². The van der Waals surface area contributed by atoms with Crippen molar-refractivity contribution < 1.29 is 0 Å². The molecule has 0 saturated heterocycles. The zero-order valence-electron chi connectivity index (χ0n) is 7.71. The van der Waals surface area contributed by atoms with Gasteiger partial charge in [0.25, 0.3) is 0 Å². The van der Waals surface area contributed by atoms with Gasteiger partial charge in [-0.2, -0.15) is 22.7 Å². The van der Waals surface area contributed by atoms with E-state index in [1.54, 1.807) is 34.0 Å². The molecule has 0 aliphatic rings. The monoisotopic (exact) mass is 249 g/mol. The van der Waals surface area contributed by atoms with Crippen LogP contribution in [0.5, 0.6) is 0 Å². The van der Waals surface area contributed by atoms with E-state index in [9.17, 15) is 0 Å². The molecule has 0 amide bonds. The van der Waals surface area contributed by atoms with E-state index in [1.807, 2.05) is 6.20 Å². The maximum atomic E-state index is 4.44. The molecule has 0 aromatic carbocycles. The van der Waals surface area contributed by atoms with Crippen molar-refractivity contribution in [2.45, 2.75) is 0 Å². The first-order valence-corrected chi connectivity index (χ1v) is 7.15. The predicted molar refractivity (Wildman–Crippen MR) is 68.7 cm³/mol. The summed E-state index contributed by atoms with van der Waals surface area (Å²) in [6.45, 7) is 0. The highest BCUT2D eigenvalue weighted by molar-refractivity contribution is 7.19. The number of nitrogens with zero attached hydrogens (tertiary/aromatic N) is 1. The maximum Gasteiger partial charge on any atom is 0.124 e. The molecule has 0 unspecified atom stereocenters. The molecule has 0 bridgehead atoms. The summed E-state index contributed by atoms with van der Waals surface area (Å²) in [6.07, 6.45) is 1.96. The van der Waals surface area contributed by atoms with Crippen LogP contribution in [0.2, 0.25) is 0 Å². The number of hydrogen-bond acceptors (Lipinski definition) is 4. The number of aromatic nitrogens is 1. The van der Waals surface area contributed by atoms with E-state index < -0.39 is 0 Å². The third-order valence-electron chi connectivity index (χ3n) is 2.08. The lowest BCUT2D eigenvalue weighted by atomic mass is 10.3. The minimum atomic E-state index is 1.11. The molecule has 0 aliphatic carbocycles. The van der Waals surface area contributed by atoms with Crippen LogP contribution < -0.4 is 0 Å². The van der Waals surface area contributed by atoms with Gasteiger partial charge in [0.05, 0.1) is 4.88 Å². The maximum absolute atomic E-state index is 4.44. The third kappa shape index (κ3) is 1.76. The van der Waals surface area contributed by atoms with Crippen LogP contribution in [0.3, 0.4) is 0 Å². The molecule has 1 nitrogen and oxygen atoms in total. The molecule has 4 heteroatoms. The van der Waals surface area contributed by atoms with Crippen molar-refractivity contribution in [3.63, 3.8) is 0 Å². The van der Waals surface area contributed by atoms with Crippen LogP contribution >= 0.6 is 34.0 Å². The lowest BCUT2D eigenvalue weighted by Gasteiger charge is -1.87. The highest BCUT2D eigenvalue weighted by Crippen LogP contribution is 2.33. The summed E-state index contributed by atoms with van der Waals surface area (Å²) in [5.74, 6) is 0. The van der Waals surface area contributed by atoms with E-state index in [4.69, 9.17) is 0 Å². The molecule has 74 valence electrons. The van der Waals surface area contributed by atoms with E-state index >= 15 is 0 Å². The van der Waals surface area contributed by atoms with E-state index in [0.29, 0.717) is 0 Å². The van der Waals surface area contributed by atoms with E-state index in [-0.39, 0.29) is 0 Å². The molecule has 0 spiro atoms. The quantitative estimate of drug-likeness (QED) is 0.647. The molecular weight excluding hydrogens is 242 g/mol. The van der Waals surface area contributed by atoms with Gasteiger partial charge in [-0.25, -0.2) is 4.98 Å². The van der Waals surface area contributed by atoms with Crippen LogP contribution in [-0.4, -0.2) is 4.98 Å². The number of hydrogen-bond donors (Lipinski definition) is 0. The van der Waals surface area contributed by atoms with Gasteiger partial charge >= 0.3 is 0 Å². The van der Waals surface area contributed by atoms with Gasteiger partial charge in [-0.3, -0.25) is 0 Å². The summed E-state index contributed by atoms with van der Waals surface area (Å²) < 4.78 is 0. The normalized spacial score (nSPS) is 10.7. The van der Waals surface area contributed by atoms with E-state index in [0.717, 1.165) is 5.01 Å². The van der Waals surface area contributed by atoms with Crippen molar-refractivity contribution in [2.75, 3.05) is 0 Å². The second kappa shape index (κ2) is 3.89. The second-order valence-corrected chi connectivity index (χ2v) is 5.64. The van der Waals surface area contributed by atoms with Crippen molar-refractivity contribution >= 4 is 34.0 Å². The summed E-state index contributed by atoms with van der Waals surface area (Å²) >= 11 is 5.18. The summed E-state index contributed by atoms with van der Waals surface area (Å²) in [5, 5.41) is 9.58. The first kappa shape index (κ1) is 9.27. The van der Waals surface area contributed by atoms with Gasteiger partial charge < -0.3 is 0 Å². The zero-order chi connectivity index (χ0) is 10.1. The van der Waals surface area contributed by atoms with Crippen LogP contribution in [0.15, 0.2) is 39.8 Å². The average molecular weight is 249 g/mol. The van der Waals surface area contributed by atoms with E-state index in [2.05, 4.69) is 38.6 Å². The number of thiophene rings is 2. The van der Waals surface area contributed by atoms with E-state index in [1.165, 1.54) is 16.0 Å². The smallest absolute Gasteiger partial charge is 0.124 e. The summed E-state index contributed by atoms with van der Waals surface area (Å²) in [4.78, 5) is 5.69. The molecular formula is C11H7NS3. The molecule has 15 heavy (non-hydrogen) atoms. The van der Waals surface area contributed by atoms with Crippen LogP contribution in [-0.2, 0) is 0 Å². The Bertz CT molecular complexity index is 485. The van der Waals surface area contributed by atoms with Crippen LogP contribution in [0.1, 0.15) is 0 Å². The minimum absolute atomic E-state index is 1.11. The molecule has 0 radical (unpaired) electrons. The highest BCUT2D eigenvalue weighted by Gasteiger charge is 2.06. The minimum Gasteiger partial charge on any atom is -0.244 e. The molecule has 0 atom stereocenters. The molecule has 3 aromatic heterocycles. The molecule has 0 saturated carbocycles. The Morgan fingerprint density at radius 2 is 1.67 bits per heavy atom. The van der Waals surface area contributed by atoms with Crippen molar-refractivity contribution in [3.8, 4) is 21.0 Å². The number of thiazole rings is 1. The standard InChI is InChI=1S/C11H7NS3/c1-3-13-6-8(1)10-5-12-11(15-10)9-2-4-14-7-9/h1-7H. The molecule has 3 heterocycles. The Labute approximate surface area is 99.7 Å². The fourth-order valence-electron chi connectivity index (χ4n) is 1.33. The van der Waals surface area contributed by atoms with Gasteiger partial charge in [0, 0.05) is 22.7 Å². The van der Waals surface area contributed by atoms with Crippen molar-refractivity contribution in [2.24, 2.45) is 0 Å². The Balaban J connectivity index is 2.02. The van der Waals surface area contributed by atoms with Crippen molar-refractivity contribution in [1.82, 2.24) is 4.98 Å². The molecule has 0 aliphatic heterocycles. The summed E-state index contributed by atoms with van der Waals surface area (Å²) in [7, 11) is 0. The van der Waals surface area contributed by atoms with Crippen LogP contribution in [0.4, 0.5) is 0 Å². The van der Waals surface area contributed by atoms with Gasteiger partial charge in [0.2, 0.25) is 0 Å². The fourth-order valence-corrected chi connectivity index (χ4v) is 3.69. The molecule has 3 aromatic rings. The largest absolute Gasteiger partial charge is 0.244 e. The summed E-state index contributed by atoms with van der Waals surface area (Å²) in [5.41, 5.74) is 2.51. The lowest BCUT2D eigenvalue weighted by Crippen LogP contribution is -1.65. The average Bonchev–Trinajstić information content (AvgIpc) is 3.02.